The predicted octanol–water partition coefficient (Wildman–Crippen LogP) is 4.00. The van der Waals surface area contributed by atoms with E-state index in [0.717, 1.165) is 28.7 Å². The molecule has 154 valence electrons. The van der Waals surface area contributed by atoms with Crippen molar-refractivity contribution in [3.05, 3.63) is 84.2 Å². The Morgan fingerprint density at radius 1 is 1.03 bits per heavy atom. The minimum absolute atomic E-state index is 0.0116. The minimum Gasteiger partial charge on any atom is -0.490 e. The smallest absolute Gasteiger partial charge is 0.410 e. The zero-order valence-corrected chi connectivity index (χ0v) is 16.7. The molecule has 1 aliphatic rings. The zero-order chi connectivity index (χ0) is 20.8. The molecule has 2 heterocycles. The quantitative estimate of drug-likeness (QED) is 0.645. The van der Waals surface area contributed by atoms with Crippen molar-refractivity contribution >= 4 is 6.09 Å². The lowest BCUT2D eigenvalue weighted by atomic mass is 10.0. The first-order chi connectivity index (χ1) is 14.7. The molecule has 1 saturated heterocycles. The number of carbonyl (C=O) groups is 1. The summed E-state index contributed by atoms with van der Waals surface area (Å²) in [5.74, 6) is 0.676. The maximum Gasteiger partial charge on any atom is 0.410 e. The highest BCUT2D eigenvalue weighted by Gasteiger charge is 2.34. The molecule has 1 aromatic heterocycles. The molecule has 0 aliphatic carbocycles. The van der Waals surface area contributed by atoms with Gasteiger partial charge in [-0.15, -0.1) is 0 Å². The van der Waals surface area contributed by atoms with Crippen molar-refractivity contribution in [3.8, 4) is 16.9 Å². The third-order valence-corrected chi connectivity index (χ3v) is 5.24. The molecule has 0 saturated carbocycles. The lowest BCUT2D eigenvalue weighted by molar-refractivity contribution is 0.0259. The summed E-state index contributed by atoms with van der Waals surface area (Å²) in [6.45, 7) is 1.87. The lowest BCUT2D eigenvalue weighted by Crippen LogP contribution is -2.54. The van der Waals surface area contributed by atoms with Gasteiger partial charge in [0, 0.05) is 24.8 Å². The lowest BCUT2D eigenvalue weighted by Gasteiger charge is -2.39. The van der Waals surface area contributed by atoms with E-state index in [-0.39, 0.29) is 18.7 Å². The second kappa shape index (κ2) is 9.41. The molecule has 3 aromatic rings. The van der Waals surface area contributed by atoms with E-state index in [9.17, 15) is 4.79 Å². The summed E-state index contributed by atoms with van der Waals surface area (Å²) in [6, 6.07) is 19.7. The highest BCUT2D eigenvalue weighted by atomic mass is 16.6. The van der Waals surface area contributed by atoms with E-state index in [2.05, 4.69) is 11.1 Å². The molecule has 1 fully saturated rings. The van der Waals surface area contributed by atoms with Gasteiger partial charge in [-0.25, -0.2) is 4.79 Å². The molecule has 1 amide bonds. The molecule has 0 radical (unpaired) electrons. The van der Waals surface area contributed by atoms with Crippen LogP contribution in [0.3, 0.4) is 0 Å². The Morgan fingerprint density at radius 2 is 1.87 bits per heavy atom. The van der Waals surface area contributed by atoms with E-state index in [1.54, 1.807) is 17.3 Å². The topological polar surface area (TPSA) is 77.7 Å². The highest BCUT2D eigenvalue weighted by Crippen LogP contribution is 2.25. The molecule has 0 bridgehead atoms. The number of hydrogen-bond acceptors (Lipinski definition) is 5. The van der Waals surface area contributed by atoms with Gasteiger partial charge in [0.25, 0.3) is 0 Å². The van der Waals surface area contributed by atoms with Gasteiger partial charge < -0.3 is 20.1 Å². The number of carbonyl (C=O) groups excluding carboxylic acids is 1. The summed E-state index contributed by atoms with van der Waals surface area (Å²) in [7, 11) is 0. The van der Waals surface area contributed by atoms with E-state index in [0.29, 0.717) is 25.4 Å². The average Bonchev–Trinajstić information content (AvgIpc) is 2.78. The first kappa shape index (κ1) is 19.9. The fourth-order valence-electron chi connectivity index (χ4n) is 3.38. The molecule has 6 heteroatoms. The van der Waals surface area contributed by atoms with E-state index < -0.39 is 0 Å². The van der Waals surface area contributed by atoms with Gasteiger partial charge in [-0.3, -0.25) is 4.98 Å². The maximum atomic E-state index is 12.3. The van der Waals surface area contributed by atoms with Crippen LogP contribution in [0.5, 0.6) is 5.75 Å². The van der Waals surface area contributed by atoms with Crippen LogP contribution in [0.25, 0.3) is 11.1 Å². The van der Waals surface area contributed by atoms with Gasteiger partial charge in [-0.2, -0.15) is 0 Å². The van der Waals surface area contributed by atoms with Gasteiger partial charge in [0.05, 0.1) is 12.2 Å². The SMILES string of the molecule is NCc1cccc(-c2cncc(OCC3CCN3C(=O)OCc3ccccc3)c2)c1. The maximum absolute atomic E-state index is 12.3. The normalized spacial score (nSPS) is 15.4. The number of ether oxygens (including phenoxy) is 2. The molecule has 0 spiro atoms. The average molecular weight is 403 g/mol. The Morgan fingerprint density at radius 3 is 2.63 bits per heavy atom. The molecular weight excluding hydrogens is 378 g/mol. The molecule has 2 N–H and O–H groups in total. The summed E-state index contributed by atoms with van der Waals surface area (Å²) in [5, 5.41) is 0. The molecule has 1 unspecified atom stereocenters. The third kappa shape index (κ3) is 4.78. The number of aromatic nitrogens is 1. The second-order valence-corrected chi connectivity index (χ2v) is 7.30. The van der Waals surface area contributed by atoms with Gasteiger partial charge in [0.1, 0.15) is 19.0 Å². The Balaban J connectivity index is 1.31. The van der Waals surface area contributed by atoms with Crippen LogP contribution in [0, 0.1) is 0 Å². The highest BCUT2D eigenvalue weighted by molar-refractivity contribution is 5.69. The molecule has 30 heavy (non-hydrogen) atoms. The van der Waals surface area contributed by atoms with Crippen LogP contribution in [0.1, 0.15) is 17.5 Å². The Kier molecular flexibility index (Phi) is 6.25. The summed E-state index contributed by atoms with van der Waals surface area (Å²) >= 11 is 0. The van der Waals surface area contributed by atoms with Crippen molar-refractivity contribution in [2.75, 3.05) is 13.2 Å². The Labute approximate surface area is 176 Å². The Hall–Kier alpha value is -3.38. The number of likely N-dealkylation sites (tertiary alicyclic amines) is 1. The van der Waals surface area contributed by atoms with Gasteiger partial charge in [0.15, 0.2) is 0 Å². The van der Waals surface area contributed by atoms with Crippen molar-refractivity contribution in [3.63, 3.8) is 0 Å². The number of hydrogen-bond donors (Lipinski definition) is 1. The van der Waals surface area contributed by atoms with E-state index >= 15 is 0 Å². The van der Waals surface area contributed by atoms with Crippen LogP contribution in [0.15, 0.2) is 73.1 Å². The van der Waals surface area contributed by atoms with Crippen LogP contribution in [-0.4, -0.2) is 35.2 Å². The van der Waals surface area contributed by atoms with Crippen molar-refractivity contribution in [1.29, 1.82) is 0 Å². The van der Waals surface area contributed by atoms with Gasteiger partial charge in [-0.05, 0) is 35.2 Å². The summed E-state index contributed by atoms with van der Waals surface area (Å²) in [4.78, 5) is 18.4. The van der Waals surface area contributed by atoms with Crippen LogP contribution < -0.4 is 10.5 Å². The van der Waals surface area contributed by atoms with Crippen molar-refractivity contribution in [2.45, 2.75) is 25.6 Å². The fraction of sp³-hybridized carbons (Fsp3) is 0.250. The second-order valence-electron chi connectivity index (χ2n) is 7.30. The van der Waals surface area contributed by atoms with Gasteiger partial charge in [-0.1, -0.05) is 48.5 Å². The van der Waals surface area contributed by atoms with Gasteiger partial charge >= 0.3 is 6.09 Å². The van der Waals surface area contributed by atoms with Crippen molar-refractivity contribution in [2.24, 2.45) is 5.73 Å². The van der Waals surface area contributed by atoms with Crippen LogP contribution >= 0.6 is 0 Å². The van der Waals surface area contributed by atoms with Crippen LogP contribution in [0.4, 0.5) is 4.79 Å². The summed E-state index contributed by atoms with van der Waals surface area (Å²) in [6.07, 6.45) is 4.09. The number of nitrogens with zero attached hydrogens (tertiary/aromatic N) is 2. The summed E-state index contributed by atoms with van der Waals surface area (Å²) in [5.41, 5.74) is 9.79. The predicted molar refractivity (Wildman–Crippen MR) is 115 cm³/mol. The Bertz CT molecular complexity index is 994. The first-order valence-electron chi connectivity index (χ1n) is 10.1. The number of rotatable bonds is 7. The molecule has 1 atom stereocenters. The van der Waals surface area contributed by atoms with E-state index in [1.807, 2.05) is 54.6 Å². The molecule has 2 aromatic carbocycles. The van der Waals surface area contributed by atoms with Crippen molar-refractivity contribution in [1.82, 2.24) is 9.88 Å². The van der Waals surface area contributed by atoms with E-state index in [1.165, 1.54) is 0 Å². The molecule has 4 rings (SSSR count). The van der Waals surface area contributed by atoms with Crippen LogP contribution in [-0.2, 0) is 17.9 Å². The standard InChI is InChI=1S/C24H25N3O3/c25-13-19-7-4-8-20(11-19)21-12-23(15-26-14-21)29-17-22-9-10-27(22)24(28)30-16-18-5-2-1-3-6-18/h1-8,11-12,14-15,22H,9-10,13,16-17,25H2. The molecular formula is C24H25N3O3. The minimum atomic E-state index is -0.302. The largest absolute Gasteiger partial charge is 0.490 e. The van der Waals surface area contributed by atoms with Gasteiger partial charge in [0.2, 0.25) is 0 Å². The third-order valence-electron chi connectivity index (χ3n) is 5.24. The number of amides is 1. The molecule has 6 nitrogen and oxygen atoms in total. The fourth-order valence-corrected chi connectivity index (χ4v) is 3.38. The van der Waals surface area contributed by atoms with Crippen molar-refractivity contribution < 1.29 is 14.3 Å². The summed E-state index contributed by atoms with van der Waals surface area (Å²) < 4.78 is 11.4. The van der Waals surface area contributed by atoms with E-state index in [4.69, 9.17) is 15.2 Å². The monoisotopic (exact) mass is 403 g/mol. The first-order valence-corrected chi connectivity index (χ1v) is 10.1. The number of pyridine rings is 1. The van der Waals surface area contributed by atoms with Crippen LogP contribution in [0.2, 0.25) is 0 Å². The zero-order valence-electron chi connectivity index (χ0n) is 16.7. The number of nitrogens with two attached hydrogens (primary N) is 1. The molecule has 1 aliphatic heterocycles. The number of benzene rings is 2.